The first-order chi connectivity index (χ1) is 15.5. The van der Waals surface area contributed by atoms with E-state index in [0.717, 1.165) is 24.8 Å². The highest BCUT2D eigenvalue weighted by molar-refractivity contribution is 7.99. The van der Waals surface area contributed by atoms with E-state index in [2.05, 4.69) is 22.4 Å². The van der Waals surface area contributed by atoms with E-state index in [0.29, 0.717) is 11.6 Å². The summed E-state index contributed by atoms with van der Waals surface area (Å²) in [4.78, 5) is 25.5. The normalized spacial score (nSPS) is 44.1. The van der Waals surface area contributed by atoms with Crippen LogP contribution in [-0.2, 0) is 16.6 Å². The summed E-state index contributed by atoms with van der Waals surface area (Å²) in [7, 11) is 1.72. The van der Waals surface area contributed by atoms with Crippen LogP contribution in [0.15, 0.2) is 29.0 Å². The molecular weight excluding hydrogens is 440 g/mol. The van der Waals surface area contributed by atoms with E-state index < -0.39 is 17.1 Å². The van der Waals surface area contributed by atoms with Crippen LogP contribution in [0.1, 0.15) is 46.5 Å². The highest BCUT2D eigenvalue weighted by atomic mass is 32.2. The van der Waals surface area contributed by atoms with Gasteiger partial charge in [-0.05, 0) is 66.0 Å². The lowest BCUT2D eigenvalue weighted by Crippen LogP contribution is -2.62. The molecule has 5 rings (SSSR count). The molecule has 0 amide bonds. The van der Waals surface area contributed by atoms with Crippen LogP contribution in [0.5, 0.6) is 0 Å². The van der Waals surface area contributed by atoms with Crippen molar-refractivity contribution in [3.05, 3.63) is 23.8 Å². The second kappa shape index (κ2) is 7.58. The highest BCUT2D eigenvalue weighted by Crippen LogP contribution is 2.68. The summed E-state index contributed by atoms with van der Waals surface area (Å²) >= 11 is 1.23. The van der Waals surface area contributed by atoms with Crippen LogP contribution in [0.3, 0.4) is 0 Å². The van der Waals surface area contributed by atoms with Gasteiger partial charge in [-0.3, -0.25) is 9.59 Å². The molecule has 0 aliphatic heterocycles. The number of aryl methyl sites for hydroxylation is 1. The number of aromatic nitrogens is 4. The van der Waals surface area contributed by atoms with Gasteiger partial charge >= 0.3 is 0 Å². The average Bonchev–Trinajstić information content (AvgIpc) is 3.26. The Balaban J connectivity index is 1.45. The Labute approximate surface area is 197 Å². The van der Waals surface area contributed by atoms with Crippen LogP contribution in [-0.4, -0.2) is 59.4 Å². The van der Waals surface area contributed by atoms with Gasteiger partial charge in [-0.15, -0.1) is 5.10 Å². The van der Waals surface area contributed by atoms with E-state index in [-0.39, 0.29) is 46.4 Å². The SMILES string of the molecule is C[C@@H]1CC2C3CCC4=CC(=O)C=CC4(C)C3[C@@H](O)CC2(C)[C@@]1(O)C(=O)CSc1nnnn1C. The molecule has 0 radical (unpaired) electrons. The fourth-order valence-corrected chi connectivity index (χ4v) is 8.63. The fourth-order valence-electron chi connectivity index (χ4n) is 7.84. The Morgan fingerprint density at radius 2 is 2.12 bits per heavy atom. The molecule has 0 bridgehead atoms. The first-order valence-electron chi connectivity index (χ1n) is 11.8. The number of thioether (sulfide) groups is 1. The minimum atomic E-state index is -1.52. The van der Waals surface area contributed by atoms with Gasteiger partial charge in [0.1, 0.15) is 5.60 Å². The van der Waals surface area contributed by atoms with Crippen LogP contribution < -0.4 is 0 Å². The average molecular weight is 473 g/mol. The van der Waals surface area contributed by atoms with E-state index in [4.69, 9.17) is 0 Å². The molecule has 3 saturated carbocycles. The van der Waals surface area contributed by atoms with E-state index in [1.54, 1.807) is 19.2 Å². The van der Waals surface area contributed by atoms with Gasteiger partial charge in [-0.1, -0.05) is 44.2 Å². The number of rotatable bonds is 4. The number of hydrogen-bond donors (Lipinski definition) is 2. The molecule has 4 aliphatic rings. The van der Waals surface area contributed by atoms with Gasteiger partial charge in [0.2, 0.25) is 5.16 Å². The van der Waals surface area contributed by atoms with Gasteiger partial charge in [0, 0.05) is 23.8 Å². The zero-order valence-corrected chi connectivity index (χ0v) is 20.4. The van der Waals surface area contributed by atoms with Crippen molar-refractivity contribution in [1.29, 1.82) is 0 Å². The Kier molecular flexibility index (Phi) is 5.27. The predicted octanol–water partition coefficient (Wildman–Crippen LogP) is 2.13. The van der Waals surface area contributed by atoms with Gasteiger partial charge in [0.05, 0.1) is 11.9 Å². The Morgan fingerprint density at radius 3 is 2.82 bits per heavy atom. The number of nitrogens with zero attached hydrogens (tertiary/aromatic N) is 4. The van der Waals surface area contributed by atoms with E-state index in [1.807, 2.05) is 19.9 Å². The third-order valence-corrected chi connectivity index (χ3v) is 10.4. The third-order valence-electron chi connectivity index (χ3n) is 9.42. The first-order valence-corrected chi connectivity index (χ1v) is 12.7. The van der Waals surface area contributed by atoms with Gasteiger partial charge < -0.3 is 10.2 Å². The molecule has 1 aromatic heterocycles. The van der Waals surface area contributed by atoms with Crippen LogP contribution in [0, 0.1) is 34.5 Å². The summed E-state index contributed by atoms with van der Waals surface area (Å²) < 4.78 is 1.51. The van der Waals surface area contributed by atoms with Crippen molar-refractivity contribution in [3.63, 3.8) is 0 Å². The third kappa shape index (κ3) is 3.08. The zero-order chi connectivity index (χ0) is 23.8. The number of aliphatic hydroxyl groups is 2. The maximum absolute atomic E-state index is 13.5. The van der Waals surface area contributed by atoms with E-state index >= 15 is 0 Å². The lowest BCUT2D eigenvalue weighted by Gasteiger charge is -2.59. The monoisotopic (exact) mass is 472 g/mol. The Morgan fingerprint density at radius 1 is 1.36 bits per heavy atom. The quantitative estimate of drug-likeness (QED) is 0.640. The predicted molar refractivity (Wildman–Crippen MR) is 122 cm³/mol. The number of Topliss-reactive ketones (excluding diaryl/α,β-unsaturated/α-hetero) is 1. The van der Waals surface area contributed by atoms with Crippen molar-refractivity contribution in [3.8, 4) is 0 Å². The van der Waals surface area contributed by atoms with Crippen LogP contribution in [0.25, 0.3) is 0 Å². The molecule has 1 aromatic rings. The van der Waals surface area contributed by atoms with Gasteiger partial charge in [0.15, 0.2) is 11.6 Å². The molecule has 2 N–H and O–H groups in total. The van der Waals surface area contributed by atoms with Crippen LogP contribution in [0.4, 0.5) is 0 Å². The maximum Gasteiger partial charge on any atom is 0.209 e. The number of hydrogen-bond acceptors (Lipinski definition) is 8. The number of carbonyl (C=O) groups is 2. The largest absolute Gasteiger partial charge is 0.393 e. The second-order valence-electron chi connectivity index (χ2n) is 10.9. The molecule has 5 unspecified atom stereocenters. The van der Waals surface area contributed by atoms with Gasteiger partial charge in [-0.25, -0.2) is 4.68 Å². The summed E-state index contributed by atoms with van der Waals surface area (Å²) in [6.45, 7) is 6.10. The summed E-state index contributed by atoms with van der Waals surface area (Å²) in [6.07, 6.45) is 7.47. The van der Waals surface area contributed by atoms with Gasteiger partial charge in [-0.2, -0.15) is 0 Å². The molecule has 4 aliphatic carbocycles. The summed E-state index contributed by atoms with van der Waals surface area (Å²) in [5.41, 5.74) is -1.49. The minimum absolute atomic E-state index is 0.0149. The molecule has 9 heteroatoms. The number of ketones is 2. The smallest absolute Gasteiger partial charge is 0.209 e. The molecule has 33 heavy (non-hydrogen) atoms. The van der Waals surface area contributed by atoms with Crippen molar-refractivity contribution in [2.45, 2.75) is 63.3 Å². The number of fused-ring (bicyclic) bond motifs is 5. The van der Waals surface area contributed by atoms with E-state index in [9.17, 15) is 19.8 Å². The van der Waals surface area contributed by atoms with Crippen LogP contribution >= 0.6 is 11.8 Å². The fraction of sp³-hybridized carbons (Fsp3) is 0.708. The van der Waals surface area contributed by atoms with Crippen molar-refractivity contribution in [2.75, 3.05) is 5.75 Å². The molecule has 0 saturated heterocycles. The summed E-state index contributed by atoms with van der Waals surface area (Å²) in [5, 5.41) is 35.4. The second-order valence-corrected chi connectivity index (χ2v) is 11.9. The van der Waals surface area contributed by atoms with Crippen molar-refractivity contribution in [1.82, 2.24) is 20.2 Å². The molecule has 3 fully saturated rings. The number of allylic oxidation sites excluding steroid dienone is 4. The molecule has 178 valence electrons. The van der Waals surface area contributed by atoms with Gasteiger partial charge in [0.25, 0.3) is 0 Å². The highest BCUT2D eigenvalue weighted by Gasteiger charge is 2.70. The number of tetrazole rings is 1. The van der Waals surface area contributed by atoms with E-state index in [1.165, 1.54) is 16.4 Å². The minimum Gasteiger partial charge on any atom is -0.393 e. The molecule has 1 heterocycles. The molecule has 0 spiro atoms. The lowest BCUT2D eigenvalue weighted by atomic mass is 9.46. The number of carbonyl (C=O) groups excluding carboxylic acids is 2. The molecule has 8 nitrogen and oxygen atoms in total. The zero-order valence-electron chi connectivity index (χ0n) is 19.6. The molecule has 0 aromatic carbocycles. The first kappa shape index (κ1) is 22.9. The number of aliphatic hydroxyl groups excluding tert-OH is 1. The van der Waals surface area contributed by atoms with Crippen molar-refractivity contribution in [2.24, 2.45) is 41.5 Å². The molecule has 8 atom stereocenters. The standard InChI is InChI=1S/C24H32N4O4S/c1-13-9-17-16-6-5-14-10-15(29)7-8-22(14,2)20(16)18(30)11-23(17,3)24(13,32)19(31)12-33-21-25-26-27-28(21)4/h7-8,10,13,16-18,20,30,32H,5-6,9,11-12H2,1-4H3/t13-,16?,17?,18+,20?,22?,23?,24+/m1/s1. The Hall–Kier alpha value is -1.84. The summed E-state index contributed by atoms with van der Waals surface area (Å²) in [6, 6.07) is 0. The molecular formula is C24H32N4O4S. The van der Waals surface area contributed by atoms with Crippen molar-refractivity contribution < 1.29 is 19.8 Å². The maximum atomic E-state index is 13.5. The lowest BCUT2D eigenvalue weighted by molar-refractivity contribution is -0.179. The van der Waals surface area contributed by atoms with Crippen molar-refractivity contribution >= 4 is 23.3 Å². The Bertz CT molecular complexity index is 1070. The summed E-state index contributed by atoms with van der Waals surface area (Å²) in [5.74, 6) is -0.0530. The van der Waals surface area contributed by atoms with Crippen LogP contribution in [0.2, 0.25) is 0 Å². The topological polar surface area (TPSA) is 118 Å².